The van der Waals surface area contributed by atoms with Crippen molar-refractivity contribution >= 4 is 6.29 Å². The summed E-state index contributed by atoms with van der Waals surface area (Å²) in [4.78, 5) is 10.8. The molecule has 2 aliphatic rings. The molecule has 2 heterocycles. The number of carbonyl (C=O) groups excluding carboxylic acids is 1. The number of aldehydes is 1. The summed E-state index contributed by atoms with van der Waals surface area (Å²) in [5.74, 6) is 1.28. The number of benzene rings is 1. The molecule has 0 N–H and O–H groups in total. The largest absolute Gasteiger partial charge is 0.493 e. The van der Waals surface area contributed by atoms with Crippen LogP contribution in [0.5, 0.6) is 11.5 Å². The second-order valence-electron chi connectivity index (χ2n) is 4.79. The number of methoxy groups -OCH3 is 1. The molecule has 2 saturated heterocycles. The normalized spacial score (nSPS) is 29.3. The highest BCUT2D eigenvalue weighted by molar-refractivity contribution is 5.76. The Labute approximate surface area is 106 Å². The van der Waals surface area contributed by atoms with Gasteiger partial charge in [-0.3, -0.25) is 4.79 Å². The SMILES string of the molecule is COc1ccc(C=O)cc1OC1CC2CCC1O2. The molecule has 2 bridgehead atoms. The van der Waals surface area contributed by atoms with Crippen molar-refractivity contribution in [3.8, 4) is 11.5 Å². The molecular weight excluding hydrogens is 232 g/mol. The predicted molar refractivity (Wildman–Crippen MR) is 65.3 cm³/mol. The molecule has 0 aromatic heterocycles. The minimum atomic E-state index is 0.0829. The molecule has 1 aromatic rings. The highest BCUT2D eigenvalue weighted by Gasteiger charge is 2.42. The molecule has 0 spiro atoms. The number of rotatable bonds is 4. The summed E-state index contributed by atoms with van der Waals surface area (Å²) in [5, 5.41) is 0. The van der Waals surface area contributed by atoms with Gasteiger partial charge in [-0.15, -0.1) is 0 Å². The summed E-state index contributed by atoms with van der Waals surface area (Å²) < 4.78 is 17.0. The lowest BCUT2D eigenvalue weighted by atomic mass is 9.98. The topological polar surface area (TPSA) is 44.8 Å². The summed E-state index contributed by atoms with van der Waals surface area (Å²) in [6, 6.07) is 5.20. The van der Waals surface area contributed by atoms with Crippen LogP contribution >= 0.6 is 0 Å². The third-order valence-electron chi connectivity index (χ3n) is 3.65. The van der Waals surface area contributed by atoms with Gasteiger partial charge in [-0.2, -0.15) is 0 Å². The molecule has 0 aliphatic carbocycles. The lowest BCUT2D eigenvalue weighted by Crippen LogP contribution is -2.28. The number of fused-ring (bicyclic) bond motifs is 2. The minimum absolute atomic E-state index is 0.0829. The molecule has 2 fully saturated rings. The van der Waals surface area contributed by atoms with Crippen LogP contribution in [0, 0.1) is 0 Å². The molecule has 4 nitrogen and oxygen atoms in total. The molecule has 96 valence electrons. The molecule has 3 atom stereocenters. The average molecular weight is 248 g/mol. The maximum absolute atomic E-state index is 10.8. The minimum Gasteiger partial charge on any atom is -0.493 e. The van der Waals surface area contributed by atoms with Crippen LogP contribution in [0.1, 0.15) is 29.6 Å². The van der Waals surface area contributed by atoms with E-state index >= 15 is 0 Å². The third-order valence-corrected chi connectivity index (χ3v) is 3.65. The maximum Gasteiger partial charge on any atom is 0.162 e. The second-order valence-corrected chi connectivity index (χ2v) is 4.79. The Morgan fingerprint density at radius 3 is 2.83 bits per heavy atom. The molecule has 4 heteroatoms. The molecule has 0 saturated carbocycles. The van der Waals surface area contributed by atoms with E-state index in [1.165, 1.54) is 0 Å². The summed E-state index contributed by atoms with van der Waals surface area (Å²) in [7, 11) is 1.60. The van der Waals surface area contributed by atoms with Crippen LogP contribution in [0.4, 0.5) is 0 Å². The van der Waals surface area contributed by atoms with Gasteiger partial charge in [0.05, 0.1) is 19.3 Å². The van der Waals surface area contributed by atoms with Crippen LogP contribution < -0.4 is 9.47 Å². The van der Waals surface area contributed by atoms with Crippen molar-refractivity contribution in [3.05, 3.63) is 23.8 Å². The fraction of sp³-hybridized carbons (Fsp3) is 0.500. The van der Waals surface area contributed by atoms with Crippen molar-refractivity contribution in [1.29, 1.82) is 0 Å². The van der Waals surface area contributed by atoms with Crippen molar-refractivity contribution < 1.29 is 19.0 Å². The van der Waals surface area contributed by atoms with E-state index in [2.05, 4.69) is 0 Å². The first-order valence-electron chi connectivity index (χ1n) is 6.25. The van der Waals surface area contributed by atoms with Crippen LogP contribution in [0.15, 0.2) is 18.2 Å². The molecule has 3 rings (SSSR count). The smallest absolute Gasteiger partial charge is 0.162 e. The Morgan fingerprint density at radius 1 is 1.33 bits per heavy atom. The Hall–Kier alpha value is -1.55. The standard InChI is InChI=1S/C14H16O4/c1-16-11-4-2-9(8-15)6-13(11)18-14-7-10-3-5-12(14)17-10/h2,4,6,8,10,12,14H,3,5,7H2,1H3. The van der Waals surface area contributed by atoms with Crippen molar-refractivity contribution in [3.63, 3.8) is 0 Å². The van der Waals surface area contributed by atoms with Crippen molar-refractivity contribution in [2.75, 3.05) is 7.11 Å². The van der Waals surface area contributed by atoms with Crippen molar-refractivity contribution in [2.45, 2.75) is 37.6 Å². The zero-order chi connectivity index (χ0) is 12.5. The van der Waals surface area contributed by atoms with Gasteiger partial charge in [-0.25, -0.2) is 0 Å². The predicted octanol–water partition coefficient (Wildman–Crippen LogP) is 2.21. The highest BCUT2D eigenvalue weighted by Crippen LogP contribution is 2.38. The fourth-order valence-corrected chi connectivity index (χ4v) is 2.74. The lowest BCUT2D eigenvalue weighted by molar-refractivity contribution is 0.0629. The van der Waals surface area contributed by atoms with E-state index in [4.69, 9.17) is 14.2 Å². The van der Waals surface area contributed by atoms with Gasteiger partial charge in [0.25, 0.3) is 0 Å². The molecule has 3 unspecified atom stereocenters. The average Bonchev–Trinajstić information content (AvgIpc) is 3.01. The van der Waals surface area contributed by atoms with Gasteiger partial charge in [-0.05, 0) is 31.0 Å². The lowest BCUT2D eigenvalue weighted by Gasteiger charge is -2.21. The summed E-state index contributed by atoms with van der Waals surface area (Å²) in [6.45, 7) is 0. The highest BCUT2D eigenvalue weighted by atomic mass is 16.6. The maximum atomic E-state index is 10.8. The number of hydrogen-bond acceptors (Lipinski definition) is 4. The first-order valence-corrected chi connectivity index (χ1v) is 6.25. The van der Waals surface area contributed by atoms with Gasteiger partial charge in [0, 0.05) is 12.0 Å². The van der Waals surface area contributed by atoms with Gasteiger partial charge in [0.2, 0.25) is 0 Å². The fourth-order valence-electron chi connectivity index (χ4n) is 2.74. The van der Waals surface area contributed by atoms with Gasteiger partial charge in [0.1, 0.15) is 12.4 Å². The van der Waals surface area contributed by atoms with E-state index < -0.39 is 0 Å². The first kappa shape index (κ1) is 11.5. The molecule has 0 radical (unpaired) electrons. The summed E-state index contributed by atoms with van der Waals surface area (Å²) in [6.07, 6.45) is 4.56. The molecule has 18 heavy (non-hydrogen) atoms. The van der Waals surface area contributed by atoms with Gasteiger partial charge in [0.15, 0.2) is 11.5 Å². The summed E-state index contributed by atoms with van der Waals surface area (Å²) >= 11 is 0. The quantitative estimate of drug-likeness (QED) is 0.766. The van der Waals surface area contributed by atoms with Crippen LogP contribution in [0.25, 0.3) is 0 Å². The molecular formula is C14H16O4. The first-order chi connectivity index (χ1) is 8.80. The molecule has 0 amide bonds. The summed E-state index contributed by atoms with van der Waals surface area (Å²) in [5.41, 5.74) is 0.592. The Kier molecular flexibility index (Phi) is 2.96. The van der Waals surface area contributed by atoms with Gasteiger partial charge >= 0.3 is 0 Å². The Bertz CT molecular complexity index is 457. The van der Waals surface area contributed by atoms with E-state index in [9.17, 15) is 4.79 Å². The number of ether oxygens (including phenoxy) is 3. The monoisotopic (exact) mass is 248 g/mol. The van der Waals surface area contributed by atoms with Crippen LogP contribution in [-0.4, -0.2) is 31.7 Å². The third kappa shape index (κ3) is 1.97. The second kappa shape index (κ2) is 4.61. The zero-order valence-electron chi connectivity index (χ0n) is 10.3. The zero-order valence-corrected chi connectivity index (χ0v) is 10.3. The van der Waals surface area contributed by atoms with E-state index in [0.29, 0.717) is 23.2 Å². The van der Waals surface area contributed by atoms with Gasteiger partial charge in [-0.1, -0.05) is 0 Å². The number of hydrogen-bond donors (Lipinski definition) is 0. The van der Waals surface area contributed by atoms with Crippen LogP contribution in [0.3, 0.4) is 0 Å². The van der Waals surface area contributed by atoms with Crippen LogP contribution in [0.2, 0.25) is 0 Å². The van der Waals surface area contributed by atoms with E-state index in [1.54, 1.807) is 25.3 Å². The van der Waals surface area contributed by atoms with Crippen molar-refractivity contribution in [1.82, 2.24) is 0 Å². The van der Waals surface area contributed by atoms with E-state index in [0.717, 1.165) is 25.5 Å². The van der Waals surface area contributed by atoms with Crippen LogP contribution in [-0.2, 0) is 4.74 Å². The molecule has 2 aliphatic heterocycles. The van der Waals surface area contributed by atoms with E-state index in [1.807, 2.05) is 0 Å². The number of carbonyl (C=O) groups is 1. The Morgan fingerprint density at radius 2 is 2.22 bits per heavy atom. The van der Waals surface area contributed by atoms with Crippen molar-refractivity contribution in [2.24, 2.45) is 0 Å². The molecule has 1 aromatic carbocycles. The Balaban J connectivity index is 1.80. The van der Waals surface area contributed by atoms with Gasteiger partial charge < -0.3 is 14.2 Å². The van der Waals surface area contributed by atoms with E-state index in [-0.39, 0.29) is 12.2 Å².